The molecule has 1 unspecified atom stereocenters. The van der Waals surface area contributed by atoms with Gasteiger partial charge in [0.1, 0.15) is 10.6 Å². The molecular formula is C16H12N4O9S2. The maximum absolute atomic E-state index is 12.7. The Morgan fingerprint density at radius 1 is 0.968 bits per heavy atom. The van der Waals surface area contributed by atoms with E-state index in [0.717, 1.165) is 30.3 Å². The number of azo groups is 1. The van der Waals surface area contributed by atoms with Crippen molar-refractivity contribution >= 4 is 49.2 Å². The molecule has 0 radical (unpaired) electrons. The standard InChI is InChI=1S/C16H12N4O9S2/c21-15-13(18-17-11-3-1-2-4-12(11)31(27,28)29)14(16(22)23)19-20(15)9-5-7-10(8-6-9)30(24,25)26/h1-8,13H,(H,22,23)(H,24,25,26)(H,27,28,29). The number of amides is 1. The second kappa shape index (κ2) is 7.95. The van der Waals surface area contributed by atoms with Crippen LogP contribution in [0.1, 0.15) is 0 Å². The zero-order valence-electron chi connectivity index (χ0n) is 15.1. The quantitative estimate of drug-likeness (QED) is 0.410. The van der Waals surface area contributed by atoms with Gasteiger partial charge in [-0.1, -0.05) is 12.1 Å². The minimum atomic E-state index is -4.66. The summed E-state index contributed by atoms with van der Waals surface area (Å²) in [4.78, 5) is 23.1. The largest absolute Gasteiger partial charge is 0.477 e. The highest BCUT2D eigenvalue weighted by Crippen LogP contribution is 2.27. The molecule has 3 N–H and O–H groups in total. The number of hydrogen-bond donors (Lipinski definition) is 3. The number of rotatable bonds is 6. The molecule has 2 aromatic rings. The van der Waals surface area contributed by atoms with Crippen LogP contribution in [-0.4, -0.2) is 54.7 Å². The average molecular weight is 468 g/mol. The van der Waals surface area contributed by atoms with E-state index in [4.69, 9.17) is 4.55 Å². The molecule has 15 heteroatoms. The third kappa shape index (κ3) is 4.64. The van der Waals surface area contributed by atoms with E-state index in [2.05, 4.69) is 15.3 Å². The Kier molecular flexibility index (Phi) is 5.68. The Labute approximate surface area is 174 Å². The van der Waals surface area contributed by atoms with E-state index in [1.54, 1.807) is 0 Å². The number of nitrogens with zero attached hydrogens (tertiary/aromatic N) is 4. The van der Waals surface area contributed by atoms with Gasteiger partial charge in [0.25, 0.3) is 26.1 Å². The number of hydrogen-bond acceptors (Lipinski definition) is 9. The Morgan fingerprint density at radius 2 is 1.58 bits per heavy atom. The van der Waals surface area contributed by atoms with Gasteiger partial charge in [0.15, 0.2) is 5.71 Å². The number of benzene rings is 2. The molecule has 0 saturated carbocycles. The minimum absolute atomic E-state index is 0.0211. The number of carbonyl (C=O) groups excluding carboxylic acids is 1. The van der Waals surface area contributed by atoms with E-state index < -0.39 is 53.7 Å². The van der Waals surface area contributed by atoms with Crippen molar-refractivity contribution in [3.05, 3.63) is 48.5 Å². The first-order chi connectivity index (χ1) is 14.4. The normalized spacial score (nSPS) is 17.2. The molecular weight excluding hydrogens is 456 g/mol. The van der Waals surface area contributed by atoms with Gasteiger partial charge >= 0.3 is 5.97 Å². The third-order valence-corrected chi connectivity index (χ3v) is 5.70. The van der Waals surface area contributed by atoms with Gasteiger partial charge in [-0.05, 0) is 36.4 Å². The van der Waals surface area contributed by atoms with E-state index in [1.165, 1.54) is 18.2 Å². The van der Waals surface area contributed by atoms with Crippen molar-refractivity contribution in [2.45, 2.75) is 15.8 Å². The van der Waals surface area contributed by atoms with Gasteiger partial charge in [-0.15, -0.1) is 0 Å². The predicted molar refractivity (Wildman–Crippen MR) is 103 cm³/mol. The summed E-state index contributed by atoms with van der Waals surface area (Å²) in [7, 11) is -9.14. The second-order valence-corrected chi connectivity index (χ2v) is 8.78. The van der Waals surface area contributed by atoms with Crippen LogP contribution in [0.25, 0.3) is 0 Å². The van der Waals surface area contributed by atoms with Gasteiger partial charge in [-0.25, -0.2) is 4.79 Å². The molecule has 0 bridgehead atoms. The summed E-state index contributed by atoms with van der Waals surface area (Å²) in [6.45, 7) is 0. The van der Waals surface area contributed by atoms with Crippen molar-refractivity contribution in [1.29, 1.82) is 0 Å². The number of hydrazone groups is 1. The fourth-order valence-electron chi connectivity index (χ4n) is 2.53. The fraction of sp³-hybridized carbons (Fsp3) is 0.0625. The van der Waals surface area contributed by atoms with Gasteiger partial charge in [0.2, 0.25) is 6.04 Å². The molecule has 1 amide bonds. The Balaban J connectivity index is 1.97. The zero-order chi connectivity index (χ0) is 23.0. The highest BCUT2D eigenvalue weighted by molar-refractivity contribution is 7.86. The van der Waals surface area contributed by atoms with Crippen molar-refractivity contribution < 1.29 is 40.6 Å². The SMILES string of the molecule is O=C(O)C1=NN(c2ccc(S(=O)(=O)O)cc2)C(=O)C1N=Nc1ccccc1S(=O)(=O)O. The van der Waals surface area contributed by atoms with Crippen LogP contribution < -0.4 is 5.01 Å². The summed E-state index contributed by atoms with van der Waals surface area (Å²) >= 11 is 0. The average Bonchev–Trinajstić information content (AvgIpc) is 3.02. The first-order valence-electron chi connectivity index (χ1n) is 8.10. The lowest BCUT2D eigenvalue weighted by Crippen LogP contribution is -2.33. The molecule has 0 aromatic heterocycles. The maximum atomic E-state index is 12.7. The van der Waals surface area contributed by atoms with Crippen molar-refractivity contribution in [1.82, 2.24) is 0 Å². The van der Waals surface area contributed by atoms with Crippen molar-refractivity contribution in [3.63, 3.8) is 0 Å². The lowest BCUT2D eigenvalue weighted by molar-refractivity contribution is -0.130. The monoisotopic (exact) mass is 468 g/mol. The molecule has 1 aliphatic heterocycles. The molecule has 3 rings (SSSR count). The Hall–Kier alpha value is -3.53. The molecule has 13 nitrogen and oxygen atoms in total. The molecule has 31 heavy (non-hydrogen) atoms. The van der Waals surface area contributed by atoms with Gasteiger partial charge in [-0.2, -0.15) is 37.2 Å². The number of carbonyl (C=O) groups is 2. The van der Waals surface area contributed by atoms with Crippen LogP contribution in [0.15, 0.2) is 73.7 Å². The number of aliphatic carboxylic acids is 1. The number of anilines is 1. The Morgan fingerprint density at radius 3 is 2.13 bits per heavy atom. The molecule has 0 fully saturated rings. The van der Waals surface area contributed by atoms with Crippen LogP contribution in [0.5, 0.6) is 0 Å². The summed E-state index contributed by atoms with van der Waals surface area (Å²) in [5.74, 6) is -2.57. The molecule has 2 aromatic carbocycles. The van der Waals surface area contributed by atoms with Crippen LogP contribution in [0.3, 0.4) is 0 Å². The van der Waals surface area contributed by atoms with E-state index in [-0.39, 0.29) is 11.4 Å². The predicted octanol–water partition coefficient (Wildman–Crippen LogP) is 1.12. The van der Waals surface area contributed by atoms with Crippen LogP contribution in [0, 0.1) is 0 Å². The lowest BCUT2D eigenvalue weighted by atomic mass is 10.2. The van der Waals surface area contributed by atoms with Crippen molar-refractivity contribution in [2.24, 2.45) is 15.3 Å². The number of carboxylic acid groups (broad SMARTS) is 1. The van der Waals surface area contributed by atoms with E-state index in [9.17, 15) is 36.1 Å². The lowest BCUT2D eigenvalue weighted by Gasteiger charge is -2.12. The first-order valence-corrected chi connectivity index (χ1v) is 11.0. The third-order valence-electron chi connectivity index (χ3n) is 3.93. The summed E-state index contributed by atoms with van der Waals surface area (Å²) in [5, 5.41) is 20.8. The Bertz CT molecular complexity index is 1330. The molecule has 1 atom stereocenters. The molecule has 0 spiro atoms. The van der Waals surface area contributed by atoms with Crippen molar-refractivity contribution in [2.75, 3.05) is 5.01 Å². The molecule has 1 aliphatic rings. The van der Waals surface area contributed by atoms with E-state index in [0.29, 0.717) is 5.01 Å². The maximum Gasteiger partial charge on any atom is 0.355 e. The van der Waals surface area contributed by atoms with E-state index >= 15 is 0 Å². The van der Waals surface area contributed by atoms with Crippen LogP contribution in [0.4, 0.5) is 11.4 Å². The fourth-order valence-corrected chi connectivity index (χ4v) is 3.63. The minimum Gasteiger partial charge on any atom is -0.477 e. The van der Waals surface area contributed by atoms with Crippen molar-refractivity contribution in [3.8, 4) is 0 Å². The second-order valence-electron chi connectivity index (χ2n) is 5.97. The van der Waals surface area contributed by atoms with Gasteiger partial charge < -0.3 is 5.11 Å². The van der Waals surface area contributed by atoms with Gasteiger partial charge in [-0.3, -0.25) is 13.9 Å². The number of carboxylic acids is 1. The van der Waals surface area contributed by atoms with Crippen LogP contribution >= 0.6 is 0 Å². The van der Waals surface area contributed by atoms with Gasteiger partial charge in [0, 0.05) is 0 Å². The van der Waals surface area contributed by atoms with Crippen LogP contribution in [0.2, 0.25) is 0 Å². The highest BCUT2D eigenvalue weighted by Gasteiger charge is 2.41. The molecule has 1 heterocycles. The summed E-state index contributed by atoms with van der Waals surface area (Å²) in [5.41, 5.74) is -1.08. The summed E-state index contributed by atoms with van der Waals surface area (Å²) in [6, 6.07) is 7.34. The molecule has 162 valence electrons. The van der Waals surface area contributed by atoms with Gasteiger partial charge in [0.05, 0.1) is 10.6 Å². The van der Waals surface area contributed by atoms with E-state index in [1.807, 2.05) is 0 Å². The topological polar surface area (TPSA) is 203 Å². The molecule has 0 aliphatic carbocycles. The summed E-state index contributed by atoms with van der Waals surface area (Å²) in [6.07, 6.45) is 0. The summed E-state index contributed by atoms with van der Waals surface area (Å²) < 4.78 is 63.3. The zero-order valence-corrected chi connectivity index (χ0v) is 16.7. The first kappa shape index (κ1) is 22.2. The highest BCUT2D eigenvalue weighted by atomic mass is 32.2. The van der Waals surface area contributed by atoms with Crippen LogP contribution in [-0.2, 0) is 29.8 Å². The smallest absolute Gasteiger partial charge is 0.355 e. The molecule has 0 saturated heterocycles.